The first-order valence-corrected chi connectivity index (χ1v) is 6.13. The molecule has 2 rings (SSSR count). The monoisotopic (exact) mass is 280 g/mol. The summed E-state index contributed by atoms with van der Waals surface area (Å²) < 4.78 is 7.16. The summed E-state index contributed by atoms with van der Waals surface area (Å²) in [6.07, 6.45) is 2.02. The fourth-order valence-corrected chi connectivity index (χ4v) is 2.12. The molecule has 0 aliphatic heterocycles. The smallest absolute Gasteiger partial charge is 0.144 e. The highest BCUT2D eigenvalue weighted by molar-refractivity contribution is 9.08. The Morgan fingerprint density at radius 2 is 2.12 bits per heavy atom. The van der Waals surface area contributed by atoms with Gasteiger partial charge in [-0.25, -0.2) is 4.68 Å². The predicted octanol–water partition coefficient (Wildman–Crippen LogP) is 3.08. The van der Waals surface area contributed by atoms with Gasteiger partial charge in [-0.3, -0.25) is 0 Å². The number of methoxy groups -OCH3 is 1. The van der Waals surface area contributed by atoms with E-state index < -0.39 is 0 Å². The molecule has 0 unspecified atom stereocenters. The Hall–Kier alpha value is -1.29. The van der Waals surface area contributed by atoms with Crippen molar-refractivity contribution in [1.82, 2.24) is 9.78 Å². The molecule has 16 heavy (non-hydrogen) atoms. The summed E-state index contributed by atoms with van der Waals surface area (Å²) in [5.41, 5.74) is 3.17. The van der Waals surface area contributed by atoms with E-state index in [2.05, 4.69) is 21.0 Å². The Morgan fingerprint density at radius 3 is 2.75 bits per heavy atom. The number of rotatable bonds is 3. The maximum absolute atomic E-state index is 5.31. The second-order valence-corrected chi connectivity index (χ2v) is 4.05. The molecule has 0 N–H and O–H groups in total. The molecule has 1 aromatic carbocycles. The van der Waals surface area contributed by atoms with Gasteiger partial charge < -0.3 is 4.74 Å². The van der Waals surface area contributed by atoms with Crippen LogP contribution in [0, 0.1) is 6.92 Å². The molecule has 84 valence electrons. The number of aromatic nitrogens is 2. The Morgan fingerprint density at radius 1 is 1.38 bits per heavy atom. The number of hydrogen-bond acceptors (Lipinski definition) is 2. The van der Waals surface area contributed by atoms with E-state index in [0.29, 0.717) is 0 Å². The van der Waals surface area contributed by atoms with Crippen molar-refractivity contribution in [3.8, 4) is 11.4 Å². The maximum Gasteiger partial charge on any atom is 0.144 e. The summed E-state index contributed by atoms with van der Waals surface area (Å²) in [7, 11) is 1.67. The van der Waals surface area contributed by atoms with Crippen LogP contribution >= 0.6 is 15.9 Å². The van der Waals surface area contributed by atoms with Gasteiger partial charge in [0.15, 0.2) is 0 Å². The van der Waals surface area contributed by atoms with Gasteiger partial charge in [0.1, 0.15) is 11.4 Å². The van der Waals surface area contributed by atoms with Crippen LogP contribution in [0.5, 0.6) is 5.75 Å². The van der Waals surface area contributed by atoms with Gasteiger partial charge in [0.25, 0.3) is 0 Å². The molecule has 3 nitrogen and oxygen atoms in total. The second-order valence-electron chi connectivity index (χ2n) is 3.49. The predicted molar refractivity (Wildman–Crippen MR) is 67.5 cm³/mol. The standard InChI is InChI=1S/C12H13BrN2O/c1-9-10(7-13)8-15(14-9)11-5-3-4-6-12(11)16-2/h3-6,8H,7H2,1-2H3. The van der Waals surface area contributed by atoms with E-state index in [9.17, 15) is 0 Å². The Bertz CT molecular complexity index is 494. The van der Waals surface area contributed by atoms with Gasteiger partial charge in [-0.05, 0) is 19.1 Å². The SMILES string of the molecule is COc1ccccc1-n1cc(CBr)c(C)n1. The number of alkyl halides is 1. The van der Waals surface area contributed by atoms with Crippen LogP contribution in [0.15, 0.2) is 30.5 Å². The lowest BCUT2D eigenvalue weighted by molar-refractivity contribution is 0.411. The van der Waals surface area contributed by atoms with Crippen molar-refractivity contribution in [2.75, 3.05) is 7.11 Å². The molecule has 0 aliphatic carbocycles. The van der Waals surface area contributed by atoms with Crippen LogP contribution in [0.25, 0.3) is 5.69 Å². The van der Waals surface area contributed by atoms with Crippen LogP contribution in [0.1, 0.15) is 11.3 Å². The van der Waals surface area contributed by atoms with Crippen molar-refractivity contribution in [2.45, 2.75) is 12.3 Å². The Kier molecular flexibility index (Phi) is 3.29. The Labute approximate surface area is 103 Å². The Balaban J connectivity index is 2.49. The number of benzene rings is 1. The van der Waals surface area contributed by atoms with Crippen LogP contribution in [0.2, 0.25) is 0 Å². The molecular formula is C12H13BrN2O. The lowest BCUT2D eigenvalue weighted by Gasteiger charge is -2.07. The van der Waals surface area contributed by atoms with E-state index in [0.717, 1.165) is 22.5 Å². The summed E-state index contributed by atoms with van der Waals surface area (Å²) in [4.78, 5) is 0. The minimum Gasteiger partial charge on any atom is -0.494 e. The van der Waals surface area contributed by atoms with Gasteiger partial charge in [0.05, 0.1) is 12.8 Å². The van der Waals surface area contributed by atoms with Gasteiger partial charge in [0.2, 0.25) is 0 Å². The minimum absolute atomic E-state index is 0.813. The topological polar surface area (TPSA) is 27.1 Å². The van der Waals surface area contributed by atoms with Gasteiger partial charge in [-0.1, -0.05) is 28.1 Å². The molecule has 1 heterocycles. The molecule has 2 aromatic rings. The third kappa shape index (κ3) is 1.97. The first-order valence-electron chi connectivity index (χ1n) is 5.00. The molecule has 0 saturated heterocycles. The number of aryl methyl sites for hydroxylation is 1. The first kappa shape index (κ1) is 11.2. The molecule has 0 amide bonds. The molecular weight excluding hydrogens is 268 g/mol. The number of halogens is 1. The highest BCUT2D eigenvalue weighted by atomic mass is 79.9. The van der Waals surface area contributed by atoms with Crippen molar-refractivity contribution in [3.63, 3.8) is 0 Å². The molecule has 1 aromatic heterocycles. The maximum atomic E-state index is 5.31. The van der Waals surface area contributed by atoms with E-state index >= 15 is 0 Å². The largest absolute Gasteiger partial charge is 0.494 e. The van der Waals surface area contributed by atoms with Gasteiger partial charge in [-0.15, -0.1) is 0 Å². The lowest BCUT2D eigenvalue weighted by Crippen LogP contribution is -1.98. The molecule has 4 heteroatoms. The van der Waals surface area contributed by atoms with Crippen molar-refractivity contribution < 1.29 is 4.74 Å². The van der Waals surface area contributed by atoms with E-state index in [1.165, 1.54) is 5.56 Å². The van der Waals surface area contributed by atoms with E-state index in [4.69, 9.17) is 4.74 Å². The molecule has 0 saturated carbocycles. The van der Waals surface area contributed by atoms with E-state index in [1.807, 2.05) is 42.1 Å². The van der Waals surface area contributed by atoms with Crippen molar-refractivity contribution in [2.24, 2.45) is 0 Å². The minimum atomic E-state index is 0.813. The summed E-state index contributed by atoms with van der Waals surface area (Å²) >= 11 is 3.45. The zero-order valence-electron chi connectivity index (χ0n) is 9.27. The number of hydrogen-bond donors (Lipinski definition) is 0. The lowest BCUT2D eigenvalue weighted by atomic mass is 10.3. The quantitative estimate of drug-likeness (QED) is 0.808. The number of ether oxygens (including phenoxy) is 1. The summed E-state index contributed by atoms with van der Waals surface area (Å²) in [5, 5.41) is 5.28. The highest BCUT2D eigenvalue weighted by Crippen LogP contribution is 2.23. The summed E-state index contributed by atoms with van der Waals surface area (Å²) in [5.74, 6) is 0.825. The van der Waals surface area contributed by atoms with E-state index in [-0.39, 0.29) is 0 Å². The third-order valence-corrected chi connectivity index (χ3v) is 3.08. The van der Waals surface area contributed by atoms with Crippen LogP contribution < -0.4 is 4.74 Å². The van der Waals surface area contributed by atoms with Crippen LogP contribution in [-0.2, 0) is 5.33 Å². The second kappa shape index (κ2) is 4.70. The average molecular weight is 281 g/mol. The van der Waals surface area contributed by atoms with Crippen molar-refractivity contribution >= 4 is 15.9 Å². The van der Waals surface area contributed by atoms with Crippen LogP contribution in [0.4, 0.5) is 0 Å². The fraction of sp³-hybridized carbons (Fsp3) is 0.250. The normalized spacial score (nSPS) is 10.4. The van der Waals surface area contributed by atoms with Crippen LogP contribution in [-0.4, -0.2) is 16.9 Å². The molecule has 0 bridgehead atoms. The van der Waals surface area contributed by atoms with Crippen LogP contribution in [0.3, 0.4) is 0 Å². The number of para-hydroxylation sites is 2. The van der Waals surface area contributed by atoms with Crippen molar-refractivity contribution in [3.05, 3.63) is 41.7 Å². The van der Waals surface area contributed by atoms with Gasteiger partial charge in [-0.2, -0.15) is 5.10 Å². The third-order valence-electron chi connectivity index (χ3n) is 2.48. The fourth-order valence-electron chi connectivity index (χ4n) is 1.57. The molecule has 0 spiro atoms. The number of nitrogens with zero attached hydrogens (tertiary/aromatic N) is 2. The zero-order valence-corrected chi connectivity index (χ0v) is 10.9. The van der Waals surface area contributed by atoms with Gasteiger partial charge >= 0.3 is 0 Å². The zero-order chi connectivity index (χ0) is 11.5. The summed E-state index contributed by atoms with van der Waals surface area (Å²) in [6.45, 7) is 2.00. The molecule has 0 aliphatic rings. The molecule has 0 radical (unpaired) electrons. The summed E-state index contributed by atoms with van der Waals surface area (Å²) in [6, 6.07) is 7.84. The molecule has 0 fully saturated rings. The van der Waals surface area contributed by atoms with Gasteiger partial charge in [0, 0.05) is 17.1 Å². The van der Waals surface area contributed by atoms with Crippen molar-refractivity contribution in [1.29, 1.82) is 0 Å². The average Bonchev–Trinajstić information content (AvgIpc) is 2.70. The molecule has 0 atom stereocenters. The highest BCUT2D eigenvalue weighted by Gasteiger charge is 2.08. The first-order chi connectivity index (χ1) is 7.76. The van der Waals surface area contributed by atoms with E-state index in [1.54, 1.807) is 7.11 Å².